The lowest BCUT2D eigenvalue weighted by molar-refractivity contribution is -0.123. The number of carbonyl (C=O) groups is 1. The van der Waals surface area contributed by atoms with Crippen molar-refractivity contribution in [2.45, 2.75) is 26.2 Å². The Morgan fingerprint density at radius 2 is 2.00 bits per heavy atom. The highest BCUT2D eigenvalue weighted by Gasteiger charge is 2.22. The monoisotopic (exact) mass is 180 g/mol. The fourth-order valence-corrected chi connectivity index (χ4v) is 1.41. The molecule has 0 aromatic carbocycles. The van der Waals surface area contributed by atoms with E-state index in [9.17, 15) is 4.79 Å². The van der Waals surface area contributed by atoms with E-state index in [1.807, 2.05) is 6.92 Å². The Bertz CT molecular complexity index is 239. The van der Waals surface area contributed by atoms with E-state index >= 15 is 0 Å². The van der Waals surface area contributed by atoms with Crippen molar-refractivity contribution in [3.63, 3.8) is 0 Å². The van der Waals surface area contributed by atoms with Crippen molar-refractivity contribution in [3.8, 4) is 0 Å². The normalized spacial score (nSPS) is 15.9. The summed E-state index contributed by atoms with van der Waals surface area (Å²) in [5, 5.41) is 7.57. The molecule has 1 fully saturated rings. The fraction of sp³-hybridized carbons (Fsp3) is 0.600. The Balaban J connectivity index is 2.56. The van der Waals surface area contributed by atoms with Gasteiger partial charge in [0.1, 0.15) is 5.71 Å². The number of rotatable bonds is 3. The number of likely N-dealkylation sites (tertiary alicyclic amines) is 1. The van der Waals surface area contributed by atoms with Gasteiger partial charge in [0, 0.05) is 13.1 Å². The van der Waals surface area contributed by atoms with Gasteiger partial charge in [-0.25, -0.2) is 0 Å². The molecule has 1 heterocycles. The zero-order valence-corrected chi connectivity index (χ0v) is 8.10. The van der Waals surface area contributed by atoms with E-state index in [-0.39, 0.29) is 11.6 Å². The van der Waals surface area contributed by atoms with Crippen LogP contribution in [0.2, 0.25) is 0 Å². The zero-order chi connectivity index (χ0) is 9.84. The first kappa shape index (κ1) is 9.96. The van der Waals surface area contributed by atoms with Gasteiger partial charge >= 0.3 is 0 Å². The molecule has 1 rings (SSSR count). The third-order valence-corrected chi connectivity index (χ3v) is 2.39. The van der Waals surface area contributed by atoms with E-state index in [0.717, 1.165) is 25.9 Å². The molecule has 3 nitrogen and oxygen atoms in total. The number of carbonyl (C=O) groups excluding carboxylic acids is 1. The zero-order valence-electron chi connectivity index (χ0n) is 8.10. The van der Waals surface area contributed by atoms with Gasteiger partial charge in [0.05, 0.1) is 0 Å². The predicted octanol–water partition coefficient (Wildman–Crippen LogP) is 1.59. The van der Waals surface area contributed by atoms with Gasteiger partial charge in [-0.1, -0.05) is 13.5 Å². The van der Waals surface area contributed by atoms with E-state index in [1.54, 1.807) is 4.90 Å². The molecular weight excluding hydrogens is 164 g/mol. The molecule has 0 aromatic heterocycles. The Labute approximate surface area is 78.9 Å². The van der Waals surface area contributed by atoms with Gasteiger partial charge in [-0.05, 0) is 24.8 Å². The Morgan fingerprint density at radius 3 is 2.46 bits per heavy atom. The van der Waals surface area contributed by atoms with Gasteiger partial charge < -0.3 is 4.90 Å². The first-order chi connectivity index (χ1) is 6.16. The summed E-state index contributed by atoms with van der Waals surface area (Å²) in [4.78, 5) is 13.3. The highest BCUT2D eigenvalue weighted by Crippen LogP contribution is 2.10. The van der Waals surface area contributed by atoms with Crippen LogP contribution in [-0.2, 0) is 4.79 Å². The number of hydrogen-bond donors (Lipinski definition) is 1. The average molecular weight is 180 g/mol. The summed E-state index contributed by atoms with van der Waals surface area (Å²) in [6.07, 6.45) is 2.81. The lowest BCUT2D eigenvalue weighted by Gasteiger charge is -2.15. The maximum Gasteiger partial charge on any atom is 0.271 e. The van der Waals surface area contributed by atoms with Crippen molar-refractivity contribution in [1.29, 1.82) is 5.41 Å². The van der Waals surface area contributed by atoms with Crippen LogP contribution >= 0.6 is 0 Å². The molecule has 0 bridgehead atoms. The summed E-state index contributed by atoms with van der Waals surface area (Å²) in [5.74, 6) is -0.149. The van der Waals surface area contributed by atoms with Crippen LogP contribution in [0.4, 0.5) is 0 Å². The molecule has 1 aliphatic heterocycles. The molecule has 0 spiro atoms. The second kappa shape index (κ2) is 4.21. The average Bonchev–Trinajstić information content (AvgIpc) is 2.67. The molecule has 0 aliphatic carbocycles. The van der Waals surface area contributed by atoms with Crippen LogP contribution in [0.25, 0.3) is 0 Å². The van der Waals surface area contributed by atoms with Crippen molar-refractivity contribution in [2.24, 2.45) is 0 Å². The van der Waals surface area contributed by atoms with Crippen molar-refractivity contribution in [2.75, 3.05) is 13.1 Å². The van der Waals surface area contributed by atoms with Crippen molar-refractivity contribution >= 4 is 11.6 Å². The summed E-state index contributed by atoms with van der Waals surface area (Å²) >= 11 is 0. The van der Waals surface area contributed by atoms with E-state index in [2.05, 4.69) is 6.58 Å². The molecule has 0 saturated carbocycles. The largest absolute Gasteiger partial charge is 0.337 e. The molecule has 0 aromatic rings. The van der Waals surface area contributed by atoms with Crippen LogP contribution in [0.5, 0.6) is 0 Å². The van der Waals surface area contributed by atoms with Crippen LogP contribution in [0.1, 0.15) is 26.2 Å². The van der Waals surface area contributed by atoms with Crippen LogP contribution in [0, 0.1) is 5.41 Å². The van der Waals surface area contributed by atoms with Crippen LogP contribution in [0.15, 0.2) is 12.2 Å². The van der Waals surface area contributed by atoms with Gasteiger partial charge in [-0.15, -0.1) is 0 Å². The molecule has 1 amide bonds. The summed E-state index contributed by atoms with van der Waals surface area (Å²) in [6, 6.07) is 0. The summed E-state index contributed by atoms with van der Waals surface area (Å²) in [6.45, 7) is 7.21. The van der Waals surface area contributed by atoms with E-state index in [0.29, 0.717) is 12.0 Å². The van der Waals surface area contributed by atoms with Crippen LogP contribution in [-0.4, -0.2) is 29.6 Å². The summed E-state index contributed by atoms with van der Waals surface area (Å²) in [7, 11) is 0. The first-order valence-corrected chi connectivity index (χ1v) is 4.72. The van der Waals surface area contributed by atoms with Crippen molar-refractivity contribution < 1.29 is 4.79 Å². The smallest absolute Gasteiger partial charge is 0.271 e. The van der Waals surface area contributed by atoms with E-state index < -0.39 is 0 Å². The molecule has 0 atom stereocenters. The third-order valence-electron chi connectivity index (χ3n) is 2.39. The highest BCUT2D eigenvalue weighted by atomic mass is 16.2. The molecule has 1 N–H and O–H groups in total. The first-order valence-electron chi connectivity index (χ1n) is 4.72. The minimum absolute atomic E-state index is 0.0874. The fourth-order valence-electron chi connectivity index (χ4n) is 1.41. The summed E-state index contributed by atoms with van der Waals surface area (Å²) < 4.78 is 0. The minimum Gasteiger partial charge on any atom is -0.337 e. The predicted molar refractivity (Wildman–Crippen MR) is 53.0 cm³/mol. The molecule has 0 unspecified atom stereocenters. The summed E-state index contributed by atoms with van der Waals surface area (Å²) in [5.41, 5.74) is 0.723. The van der Waals surface area contributed by atoms with Crippen LogP contribution < -0.4 is 0 Å². The molecule has 1 aliphatic rings. The molecular formula is C10H16N2O. The standard InChI is InChI=1S/C10H16N2O/c1-3-8(2)9(11)10(13)12-6-4-5-7-12/h11H,2-7H2,1H3. The van der Waals surface area contributed by atoms with E-state index in [1.165, 1.54) is 0 Å². The molecule has 0 radical (unpaired) electrons. The highest BCUT2D eigenvalue weighted by molar-refractivity contribution is 6.43. The maximum absolute atomic E-state index is 11.6. The number of hydrogen-bond acceptors (Lipinski definition) is 2. The van der Waals surface area contributed by atoms with Gasteiger partial charge in [-0.3, -0.25) is 10.2 Å². The topological polar surface area (TPSA) is 44.2 Å². The minimum atomic E-state index is -0.149. The molecule has 72 valence electrons. The van der Waals surface area contributed by atoms with Crippen molar-refractivity contribution in [3.05, 3.63) is 12.2 Å². The van der Waals surface area contributed by atoms with Gasteiger partial charge in [0.15, 0.2) is 0 Å². The second-order valence-corrected chi connectivity index (χ2v) is 3.33. The van der Waals surface area contributed by atoms with Gasteiger partial charge in [0.25, 0.3) is 5.91 Å². The van der Waals surface area contributed by atoms with Crippen molar-refractivity contribution in [1.82, 2.24) is 4.90 Å². The van der Waals surface area contributed by atoms with Gasteiger partial charge in [0.2, 0.25) is 0 Å². The third kappa shape index (κ3) is 2.17. The number of nitrogens with zero attached hydrogens (tertiary/aromatic N) is 1. The Morgan fingerprint density at radius 1 is 1.46 bits per heavy atom. The molecule has 13 heavy (non-hydrogen) atoms. The lowest BCUT2D eigenvalue weighted by Crippen LogP contribution is -2.34. The maximum atomic E-state index is 11.6. The number of nitrogens with one attached hydrogen (secondary N) is 1. The van der Waals surface area contributed by atoms with E-state index in [4.69, 9.17) is 5.41 Å². The van der Waals surface area contributed by atoms with Gasteiger partial charge in [-0.2, -0.15) is 0 Å². The second-order valence-electron chi connectivity index (χ2n) is 3.33. The Kier molecular flexibility index (Phi) is 3.23. The lowest BCUT2D eigenvalue weighted by atomic mass is 10.1. The molecule has 1 saturated heterocycles. The SMILES string of the molecule is C=C(CC)C(=N)C(=O)N1CCCC1. The number of amides is 1. The quantitative estimate of drug-likeness (QED) is 0.659. The Hall–Kier alpha value is -1.12. The molecule has 3 heteroatoms. The van der Waals surface area contributed by atoms with Crippen LogP contribution in [0.3, 0.4) is 0 Å².